The van der Waals surface area contributed by atoms with Crippen molar-refractivity contribution in [1.82, 2.24) is 19.6 Å². The van der Waals surface area contributed by atoms with Crippen molar-refractivity contribution in [2.75, 3.05) is 130 Å². The van der Waals surface area contributed by atoms with E-state index in [1.54, 1.807) is 57.2 Å². The van der Waals surface area contributed by atoms with Gasteiger partial charge in [-0.1, -0.05) is 78.9 Å². The molecule has 7 aromatic carbocycles. The Balaban J connectivity index is 0.000000147. The third-order valence-electron chi connectivity index (χ3n) is 17.9. The number of anilines is 4. The topological polar surface area (TPSA) is 163 Å². The molecular weight excluding hydrogens is 1320 g/mol. The fraction of sp³-hybridized carbons (Fsp3) is 0.342. The van der Waals surface area contributed by atoms with Crippen LogP contribution in [-0.2, 0) is 4.79 Å². The van der Waals surface area contributed by atoms with E-state index in [-0.39, 0.29) is 29.1 Å². The van der Waals surface area contributed by atoms with Gasteiger partial charge in [0.25, 0.3) is 17.1 Å². The number of nitrogens with two attached hydrogens (primary N) is 1. The van der Waals surface area contributed by atoms with Crippen molar-refractivity contribution < 1.29 is 38.1 Å². The first-order chi connectivity index (χ1) is 48.0. The second kappa shape index (κ2) is 37.7. The average Bonchev–Trinajstić information content (AvgIpc) is 1.04. The number of nitrogens with one attached hydrogen (secondary N) is 1. The summed E-state index contributed by atoms with van der Waals surface area (Å²) in [6.45, 7) is 8.30. The minimum absolute atomic E-state index is 0.0824. The number of carbonyl (C=O) groups excluding carboxylic acids is 4. The number of hydrogen-bond donors (Lipinski definition) is 2. The molecule has 4 fully saturated rings. The van der Waals surface area contributed by atoms with Crippen LogP contribution in [0.4, 0.5) is 22.7 Å². The van der Waals surface area contributed by atoms with Crippen LogP contribution in [0.2, 0.25) is 0 Å². The van der Waals surface area contributed by atoms with Crippen LogP contribution in [-0.4, -0.2) is 170 Å². The number of halogens is 1. The van der Waals surface area contributed by atoms with Gasteiger partial charge in [0.1, 0.15) is 28.8 Å². The van der Waals surface area contributed by atoms with E-state index in [2.05, 4.69) is 82.5 Å². The van der Waals surface area contributed by atoms with E-state index in [1.807, 2.05) is 162 Å². The van der Waals surface area contributed by atoms with Gasteiger partial charge in [-0.15, -0.1) is 34.0 Å². The van der Waals surface area contributed by atoms with Crippen molar-refractivity contribution in [2.24, 2.45) is 0 Å². The molecule has 20 heteroatoms. The number of piperidine rings is 4. The lowest BCUT2D eigenvalue weighted by atomic mass is 10.0. The van der Waals surface area contributed by atoms with Crippen molar-refractivity contribution in [3.8, 4) is 23.0 Å². The van der Waals surface area contributed by atoms with E-state index in [0.717, 1.165) is 164 Å². The zero-order valence-corrected chi connectivity index (χ0v) is 61.3. The number of nitrogen functional groups attached to an aromatic ring is 1. The van der Waals surface area contributed by atoms with E-state index < -0.39 is 0 Å². The molecule has 4 aliphatic heterocycles. The van der Waals surface area contributed by atoms with Crippen LogP contribution in [0.15, 0.2) is 188 Å². The van der Waals surface area contributed by atoms with Crippen LogP contribution < -0.4 is 39.8 Å². The molecule has 0 aliphatic carbocycles. The number of thiophene rings is 3. The van der Waals surface area contributed by atoms with E-state index in [1.165, 1.54) is 37.3 Å². The number of ether oxygens (including phenoxy) is 4. The standard InChI is InChI=1S/2C22H24N2O2S.C13H20N2O.C9H5ClOS.C7H9NO.C6H11NO/c2*1-23-12-10-17(11-13-23)24(18-7-5-8-19(15-18)26-2)22(25)21-14-16-6-3-4-9-20(16)27-21;1-15-8-6-11(7-9-15)14-12-4-3-5-13(10-12)16-2;10-9(11)8-5-6-3-1-2-4-7(6)12-8;1-9-7-4-2-3-6(8)5-7;1-7-4-2-6(8)3-5-7/h2*3-9,14-15,17H,10-13H2,1-2H3;3-5,10-11,14H,6-9H2,1-2H3;1-5H;2-5H,8H2,1H3;2-5H2,1H3. The molecule has 14 rings (SSSR count). The molecule has 3 N–H and O–H groups in total. The summed E-state index contributed by atoms with van der Waals surface area (Å²) < 4.78 is 24.3. The summed E-state index contributed by atoms with van der Waals surface area (Å²) in [5, 5.41) is 6.52. The molecule has 16 nitrogen and oxygen atoms in total. The summed E-state index contributed by atoms with van der Waals surface area (Å²) >= 11 is 9.91. The minimum atomic E-state index is -0.379. The van der Waals surface area contributed by atoms with Gasteiger partial charge < -0.3 is 59.4 Å². The lowest BCUT2D eigenvalue weighted by Gasteiger charge is -2.37. The number of fused-ring (bicyclic) bond motifs is 3. The Hall–Kier alpha value is -8.37. The van der Waals surface area contributed by atoms with Crippen molar-refractivity contribution >= 4 is 121 Å². The SMILES string of the molecule is CN1CCC(=O)CC1.COc1cccc(N(C(=O)c2cc3ccccc3s2)C2CCN(C)CC2)c1.COc1cccc(N(C(=O)c2cc3ccccc3s2)C2CCN(C)CC2)c1.COc1cccc(N)c1.COc1cccc(NC2CCN(C)CC2)c1.O=C(Cl)c1cc2ccccc2s1. The first-order valence-corrected chi connectivity index (χ1v) is 36.5. The fourth-order valence-corrected chi connectivity index (χ4v) is 15.2. The van der Waals surface area contributed by atoms with E-state index >= 15 is 0 Å². The third kappa shape index (κ3) is 22.1. The van der Waals surface area contributed by atoms with Crippen LogP contribution in [0, 0.1) is 0 Å². The number of Topliss-reactive ketones (excluding diaryl/α,β-unsaturated/α-hetero) is 1. The maximum atomic E-state index is 13.6. The summed E-state index contributed by atoms with van der Waals surface area (Å²) in [6, 6.07) is 62.2. The molecule has 522 valence electrons. The lowest BCUT2D eigenvalue weighted by molar-refractivity contribution is -0.121. The van der Waals surface area contributed by atoms with Crippen LogP contribution in [0.3, 0.4) is 0 Å². The van der Waals surface area contributed by atoms with Gasteiger partial charge in [-0.3, -0.25) is 19.2 Å². The van der Waals surface area contributed by atoms with E-state index in [9.17, 15) is 19.2 Å². The van der Waals surface area contributed by atoms with Crippen molar-refractivity contribution in [3.63, 3.8) is 0 Å². The summed E-state index contributed by atoms with van der Waals surface area (Å²) in [4.78, 5) is 63.9. The average molecular weight is 1410 g/mol. The molecule has 0 spiro atoms. The molecule has 4 saturated heterocycles. The second-order valence-electron chi connectivity index (χ2n) is 25.1. The van der Waals surface area contributed by atoms with Gasteiger partial charge in [0.15, 0.2) is 0 Å². The first-order valence-electron chi connectivity index (χ1n) is 33.6. The number of ketones is 1. The number of benzene rings is 7. The second-order valence-corrected chi connectivity index (χ2v) is 28.7. The maximum absolute atomic E-state index is 13.6. The molecule has 3 aromatic heterocycles. The number of carbonyl (C=O) groups is 4. The van der Waals surface area contributed by atoms with Gasteiger partial charge >= 0.3 is 0 Å². The molecular formula is C79H93ClN8O8S3. The number of nitrogens with zero attached hydrogens (tertiary/aromatic N) is 6. The zero-order chi connectivity index (χ0) is 70.2. The number of methoxy groups -OCH3 is 4. The van der Waals surface area contributed by atoms with Crippen LogP contribution in [0.25, 0.3) is 30.3 Å². The highest BCUT2D eigenvalue weighted by molar-refractivity contribution is 7.22. The molecule has 0 atom stereocenters. The number of hydrogen-bond acceptors (Lipinski definition) is 17. The van der Waals surface area contributed by atoms with Crippen molar-refractivity contribution in [3.05, 3.63) is 203 Å². The third-order valence-corrected chi connectivity index (χ3v) is 21.5. The molecule has 0 radical (unpaired) electrons. The monoisotopic (exact) mass is 1410 g/mol. The summed E-state index contributed by atoms with van der Waals surface area (Å²) in [5.74, 6) is 3.85. The smallest absolute Gasteiger partial charge is 0.268 e. The van der Waals surface area contributed by atoms with Gasteiger partial charge in [-0.25, -0.2) is 0 Å². The summed E-state index contributed by atoms with van der Waals surface area (Å²) in [5.41, 5.74) is 9.16. The normalized spacial score (nSPS) is 15.6. The molecule has 10 aromatic rings. The highest BCUT2D eigenvalue weighted by Crippen LogP contribution is 2.35. The number of amides is 2. The zero-order valence-electron chi connectivity index (χ0n) is 58.1. The van der Waals surface area contributed by atoms with Crippen LogP contribution in [0.1, 0.15) is 80.4 Å². The van der Waals surface area contributed by atoms with Gasteiger partial charge in [0, 0.05) is 105 Å². The predicted octanol–water partition coefficient (Wildman–Crippen LogP) is 16.3. The predicted molar refractivity (Wildman–Crippen MR) is 413 cm³/mol. The van der Waals surface area contributed by atoms with Crippen LogP contribution >= 0.6 is 45.6 Å². The summed E-state index contributed by atoms with van der Waals surface area (Å²) in [6.07, 6.45) is 7.86. The quantitative estimate of drug-likeness (QED) is 0.0828. The Bertz CT molecular complexity index is 3950. The molecule has 99 heavy (non-hydrogen) atoms. The van der Waals surface area contributed by atoms with Crippen molar-refractivity contribution in [2.45, 2.75) is 69.5 Å². The van der Waals surface area contributed by atoms with E-state index in [0.29, 0.717) is 16.7 Å². The number of likely N-dealkylation sites (tertiary alicyclic amines) is 4. The molecule has 0 saturated carbocycles. The highest BCUT2D eigenvalue weighted by atomic mass is 35.5. The van der Waals surface area contributed by atoms with Crippen molar-refractivity contribution in [1.29, 1.82) is 0 Å². The molecule has 0 bridgehead atoms. The Morgan fingerprint density at radius 2 is 0.788 bits per heavy atom. The van der Waals surface area contributed by atoms with Gasteiger partial charge in [-0.05, 0) is 219 Å². The maximum Gasteiger partial charge on any atom is 0.268 e. The lowest BCUT2D eigenvalue weighted by Crippen LogP contribution is -2.46. The van der Waals surface area contributed by atoms with Gasteiger partial charge in [0.05, 0.1) is 43.1 Å². The molecule has 7 heterocycles. The van der Waals surface area contributed by atoms with E-state index in [4.69, 9.17) is 36.3 Å². The molecule has 0 unspecified atom stereocenters. The Morgan fingerprint density at radius 3 is 1.17 bits per heavy atom. The Labute approximate surface area is 600 Å². The first kappa shape index (κ1) is 74.8. The minimum Gasteiger partial charge on any atom is -0.497 e. The highest BCUT2D eigenvalue weighted by Gasteiger charge is 2.32. The van der Waals surface area contributed by atoms with Gasteiger partial charge in [-0.2, -0.15) is 0 Å². The Kier molecular flexibility index (Phi) is 28.5. The fourth-order valence-electron chi connectivity index (χ4n) is 12.1. The Morgan fingerprint density at radius 1 is 0.434 bits per heavy atom. The summed E-state index contributed by atoms with van der Waals surface area (Å²) in [7, 11) is 15.1. The molecule has 4 aliphatic rings. The number of rotatable bonds is 13. The van der Waals surface area contributed by atoms with Gasteiger partial charge in [0.2, 0.25) is 0 Å². The molecule has 2 amide bonds. The largest absolute Gasteiger partial charge is 0.497 e. The van der Waals surface area contributed by atoms with Crippen LogP contribution in [0.5, 0.6) is 23.0 Å².